The Morgan fingerprint density at radius 3 is 2.95 bits per heavy atom. The van der Waals surface area contributed by atoms with Gasteiger partial charge in [0.2, 0.25) is 5.91 Å². The number of amides is 1. The second-order valence-corrected chi connectivity index (χ2v) is 5.82. The van der Waals surface area contributed by atoms with Crippen LogP contribution in [-0.2, 0) is 11.3 Å². The van der Waals surface area contributed by atoms with Gasteiger partial charge in [0.1, 0.15) is 12.9 Å². The van der Waals surface area contributed by atoms with Crippen molar-refractivity contribution in [2.45, 2.75) is 32.4 Å². The number of rotatable bonds is 5. The Balaban J connectivity index is 1.73. The average molecular weight is 305 g/mol. The van der Waals surface area contributed by atoms with Gasteiger partial charge in [-0.15, -0.1) is 0 Å². The summed E-state index contributed by atoms with van der Waals surface area (Å²) in [6, 6.07) is 7.63. The van der Waals surface area contributed by atoms with Crippen LogP contribution in [0.1, 0.15) is 19.8 Å². The van der Waals surface area contributed by atoms with Crippen molar-refractivity contribution in [1.29, 1.82) is 0 Å². The van der Waals surface area contributed by atoms with Gasteiger partial charge in [-0.1, -0.05) is 23.7 Å². The smallest absolute Gasteiger partial charge is 0.242 e. The maximum atomic E-state index is 12.1. The summed E-state index contributed by atoms with van der Waals surface area (Å²) < 4.78 is 1.58. The van der Waals surface area contributed by atoms with Crippen LogP contribution in [-0.4, -0.2) is 26.7 Å². The Kier molecular flexibility index (Phi) is 3.92. The van der Waals surface area contributed by atoms with Crippen molar-refractivity contribution < 1.29 is 4.79 Å². The number of nitrogens with zero attached hydrogens (tertiary/aromatic N) is 3. The number of halogens is 1. The van der Waals surface area contributed by atoms with Crippen molar-refractivity contribution in [1.82, 2.24) is 20.1 Å². The predicted molar refractivity (Wildman–Crippen MR) is 80.8 cm³/mol. The minimum absolute atomic E-state index is 0.0480. The molecule has 5 nitrogen and oxygen atoms in total. The first-order valence-electron chi connectivity index (χ1n) is 7.07. The number of aromatic nitrogens is 3. The lowest BCUT2D eigenvalue weighted by Gasteiger charge is -2.13. The zero-order valence-electron chi connectivity index (χ0n) is 11.8. The summed E-state index contributed by atoms with van der Waals surface area (Å²) in [4.78, 5) is 16.3. The van der Waals surface area contributed by atoms with Gasteiger partial charge < -0.3 is 5.32 Å². The first-order chi connectivity index (χ1) is 10.1. The van der Waals surface area contributed by atoms with Gasteiger partial charge in [0.15, 0.2) is 5.82 Å². The molecular weight excluding hydrogens is 288 g/mol. The number of hydrogen-bond acceptors (Lipinski definition) is 3. The number of benzene rings is 1. The number of hydrogen-bond donors (Lipinski definition) is 1. The fourth-order valence-corrected chi connectivity index (χ4v) is 2.60. The Morgan fingerprint density at radius 1 is 1.48 bits per heavy atom. The van der Waals surface area contributed by atoms with Crippen molar-refractivity contribution in [3.05, 3.63) is 35.6 Å². The average Bonchev–Trinajstić information content (AvgIpc) is 3.21. The maximum absolute atomic E-state index is 12.1. The summed E-state index contributed by atoms with van der Waals surface area (Å²) in [6.45, 7) is 2.20. The normalized spacial score (nSPS) is 15.7. The Hall–Kier alpha value is -1.88. The summed E-state index contributed by atoms with van der Waals surface area (Å²) in [5.41, 5.74) is 0.778. The summed E-state index contributed by atoms with van der Waals surface area (Å²) in [7, 11) is 0. The second-order valence-electron chi connectivity index (χ2n) is 5.41. The van der Waals surface area contributed by atoms with E-state index < -0.39 is 0 Å². The van der Waals surface area contributed by atoms with Crippen molar-refractivity contribution in [2.75, 3.05) is 0 Å². The van der Waals surface area contributed by atoms with Crippen LogP contribution < -0.4 is 5.32 Å². The molecule has 0 aliphatic heterocycles. The van der Waals surface area contributed by atoms with Crippen LogP contribution in [0.25, 0.3) is 11.4 Å². The third-order valence-corrected chi connectivity index (χ3v) is 4.07. The highest BCUT2D eigenvalue weighted by molar-refractivity contribution is 6.33. The molecule has 1 unspecified atom stereocenters. The molecule has 0 saturated heterocycles. The van der Waals surface area contributed by atoms with Crippen molar-refractivity contribution >= 4 is 17.5 Å². The molecule has 21 heavy (non-hydrogen) atoms. The van der Waals surface area contributed by atoms with Gasteiger partial charge in [-0.05, 0) is 37.8 Å². The van der Waals surface area contributed by atoms with Crippen LogP contribution in [0.4, 0.5) is 0 Å². The monoisotopic (exact) mass is 304 g/mol. The molecule has 2 aromatic rings. The van der Waals surface area contributed by atoms with Gasteiger partial charge >= 0.3 is 0 Å². The molecule has 1 N–H and O–H groups in total. The standard InChI is InChI=1S/C15H17ClN4O/c1-10(11-6-7-11)19-14(21)8-20-15(17-9-18-20)12-4-2-3-5-13(12)16/h2-5,9-11H,6-8H2,1H3,(H,19,21). The van der Waals surface area contributed by atoms with Crippen LogP contribution in [0.2, 0.25) is 5.02 Å². The molecule has 1 aromatic carbocycles. The maximum Gasteiger partial charge on any atom is 0.242 e. The summed E-state index contributed by atoms with van der Waals surface area (Å²) in [5.74, 6) is 1.19. The Morgan fingerprint density at radius 2 is 2.24 bits per heavy atom. The van der Waals surface area contributed by atoms with E-state index in [1.807, 2.05) is 25.1 Å². The highest BCUT2D eigenvalue weighted by atomic mass is 35.5. The summed E-state index contributed by atoms with van der Waals surface area (Å²) in [6.07, 6.45) is 3.85. The van der Waals surface area contributed by atoms with Crippen LogP contribution in [0.15, 0.2) is 30.6 Å². The molecule has 1 aliphatic carbocycles. The van der Waals surface area contributed by atoms with E-state index >= 15 is 0 Å². The first kappa shape index (κ1) is 14.1. The van der Waals surface area contributed by atoms with E-state index in [2.05, 4.69) is 15.4 Å². The molecule has 1 atom stereocenters. The van der Waals surface area contributed by atoms with Crippen LogP contribution in [0.5, 0.6) is 0 Å². The molecule has 0 spiro atoms. The topological polar surface area (TPSA) is 59.8 Å². The molecule has 0 radical (unpaired) electrons. The van der Waals surface area contributed by atoms with Gasteiger partial charge in [-0.25, -0.2) is 9.67 Å². The van der Waals surface area contributed by atoms with E-state index in [1.54, 1.807) is 10.7 Å². The quantitative estimate of drug-likeness (QED) is 0.923. The molecule has 3 rings (SSSR count). The van der Waals surface area contributed by atoms with E-state index in [0.29, 0.717) is 16.8 Å². The summed E-state index contributed by atoms with van der Waals surface area (Å²) in [5, 5.41) is 7.74. The Bertz CT molecular complexity index is 651. The van der Waals surface area contributed by atoms with E-state index in [4.69, 9.17) is 11.6 Å². The lowest BCUT2D eigenvalue weighted by Crippen LogP contribution is -2.36. The van der Waals surface area contributed by atoms with Crippen LogP contribution in [0, 0.1) is 5.92 Å². The first-order valence-corrected chi connectivity index (χ1v) is 7.45. The van der Waals surface area contributed by atoms with Crippen molar-refractivity contribution in [2.24, 2.45) is 5.92 Å². The van der Waals surface area contributed by atoms with Crippen LogP contribution >= 0.6 is 11.6 Å². The zero-order valence-corrected chi connectivity index (χ0v) is 12.5. The third kappa shape index (κ3) is 3.24. The zero-order chi connectivity index (χ0) is 14.8. The Labute approximate surface area is 128 Å². The third-order valence-electron chi connectivity index (χ3n) is 3.74. The van der Waals surface area contributed by atoms with E-state index in [1.165, 1.54) is 19.2 Å². The predicted octanol–water partition coefficient (Wildman–Crippen LogP) is 2.51. The molecule has 0 bridgehead atoms. The molecule has 110 valence electrons. The van der Waals surface area contributed by atoms with Gasteiger partial charge in [0.25, 0.3) is 0 Å². The van der Waals surface area contributed by atoms with Crippen molar-refractivity contribution in [3.8, 4) is 11.4 Å². The molecule has 1 aliphatic rings. The van der Waals surface area contributed by atoms with E-state index in [0.717, 1.165) is 5.56 Å². The largest absolute Gasteiger partial charge is 0.352 e. The van der Waals surface area contributed by atoms with Crippen LogP contribution in [0.3, 0.4) is 0 Å². The lowest BCUT2D eigenvalue weighted by atomic mass is 10.2. The highest BCUT2D eigenvalue weighted by Gasteiger charge is 2.29. The van der Waals surface area contributed by atoms with E-state index in [-0.39, 0.29) is 18.5 Å². The molecule has 1 aromatic heterocycles. The fourth-order valence-electron chi connectivity index (χ4n) is 2.38. The number of carbonyl (C=O) groups excluding carboxylic acids is 1. The fraction of sp³-hybridized carbons (Fsp3) is 0.400. The number of carbonyl (C=O) groups is 1. The van der Waals surface area contributed by atoms with Gasteiger partial charge in [0, 0.05) is 11.6 Å². The number of nitrogens with one attached hydrogen (secondary N) is 1. The molecule has 1 saturated carbocycles. The minimum atomic E-state index is -0.0480. The molecule has 6 heteroatoms. The van der Waals surface area contributed by atoms with Gasteiger partial charge in [0.05, 0.1) is 5.02 Å². The van der Waals surface area contributed by atoms with Crippen molar-refractivity contribution in [3.63, 3.8) is 0 Å². The second kappa shape index (κ2) is 5.85. The van der Waals surface area contributed by atoms with Gasteiger partial charge in [-0.3, -0.25) is 4.79 Å². The molecular formula is C15H17ClN4O. The van der Waals surface area contributed by atoms with E-state index in [9.17, 15) is 4.79 Å². The highest BCUT2D eigenvalue weighted by Crippen LogP contribution is 2.32. The molecule has 1 fully saturated rings. The molecule has 1 heterocycles. The molecule has 1 amide bonds. The van der Waals surface area contributed by atoms with Gasteiger partial charge in [-0.2, -0.15) is 5.10 Å². The SMILES string of the molecule is CC(NC(=O)Cn1ncnc1-c1ccccc1Cl)C1CC1. The lowest BCUT2D eigenvalue weighted by molar-refractivity contribution is -0.122. The minimum Gasteiger partial charge on any atom is -0.352 e. The summed E-state index contributed by atoms with van der Waals surface area (Å²) >= 11 is 6.18.